The van der Waals surface area contributed by atoms with Gasteiger partial charge in [0.2, 0.25) is 5.91 Å². The maximum absolute atomic E-state index is 11.8. The molecule has 112 valence electrons. The van der Waals surface area contributed by atoms with Crippen molar-refractivity contribution in [2.45, 2.75) is 43.9 Å². The minimum absolute atomic E-state index is 0.0140. The van der Waals surface area contributed by atoms with E-state index in [1.807, 2.05) is 0 Å². The molecular formula is C12H19N3O5. The minimum Gasteiger partial charge on any atom is -0.480 e. The summed E-state index contributed by atoms with van der Waals surface area (Å²) in [6.07, 6.45) is 2.49. The van der Waals surface area contributed by atoms with Crippen molar-refractivity contribution in [1.82, 2.24) is 10.6 Å². The lowest BCUT2D eigenvalue weighted by Crippen LogP contribution is -2.52. The molecule has 0 radical (unpaired) electrons. The summed E-state index contributed by atoms with van der Waals surface area (Å²) in [5.41, 5.74) is 4.95. The molecule has 3 unspecified atom stereocenters. The number of hydrogen-bond acceptors (Lipinski definition) is 4. The Hall–Kier alpha value is -1.83. The molecule has 1 aliphatic heterocycles. The average molecular weight is 285 g/mol. The Morgan fingerprint density at radius 3 is 2.55 bits per heavy atom. The second kappa shape index (κ2) is 6.08. The molecule has 3 amide bonds. The smallest absolute Gasteiger partial charge is 0.326 e. The van der Waals surface area contributed by atoms with Gasteiger partial charge in [0.25, 0.3) is 0 Å². The number of urea groups is 1. The summed E-state index contributed by atoms with van der Waals surface area (Å²) in [5, 5.41) is 13.9. The van der Waals surface area contributed by atoms with Crippen LogP contribution in [0, 0.1) is 5.92 Å². The first-order valence-electron chi connectivity index (χ1n) is 6.67. The SMILES string of the molecule is NC(=O)CC(NC(=O)NC1CCOC1C1CC1)C(=O)O. The highest BCUT2D eigenvalue weighted by molar-refractivity contribution is 5.87. The van der Waals surface area contributed by atoms with Crippen molar-refractivity contribution >= 4 is 17.9 Å². The molecular weight excluding hydrogens is 266 g/mol. The van der Waals surface area contributed by atoms with E-state index in [1.54, 1.807) is 0 Å². The second-order valence-corrected chi connectivity index (χ2v) is 5.25. The van der Waals surface area contributed by atoms with Gasteiger partial charge in [-0.1, -0.05) is 0 Å². The average Bonchev–Trinajstić information content (AvgIpc) is 3.09. The van der Waals surface area contributed by atoms with Crippen molar-refractivity contribution < 1.29 is 24.2 Å². The lowest BCUT2D eigenvalue weighted by atomic mass is 10.1. The molecule has 1 saturated heterocycles. The van der Waals surface area contributed by atoms with Crippen LogP contribution in [-0.4, -0.2) is 47.8 Å². The molecule has 0 aromatic rings. The maximum Gasteiger partial charge on any atom is 0.326 e. The topological polar surface area (TPSA) is 131 Å². The third-order valence-electron chi connectivity index (χ3n) is 3.55. The summed E-state index contributed by atoms with van der Waals surface area (Å²) in [6, 6.07) is -2.03. The first-order chi connectivity index (χ1) is 9.47. The lowest BCUT2D eigenvalue weighted by Gasteiger charge is -2.21. The quantitative estimate of drug-likeness (QED) is 0.506. The Bertz CT molecular complexity index is 410. The van der Waals surface area contributed by atoms with Crippen LogP contribution in [0.4, 0.5) is 4.79 Å². The predicted octanol–water partition coefficient (Wildman–Crippen LogP) is -0.818. The standard InChI is InChI=1S/C12H19N3O5/c13-9(16)5-8(11(17)18)15-12(19)14-7-3-4-20-10(7)6-1-2-6/h6-8,10H,1-5H2,(H2,13,16)(H,17,18)(H2,14,15,19). The van der Waals surface area contributed by atoms with Gasteiger partial charge < -0.3 is 26.2 Å². The van der Waals surface area contributed by atoms with Gasteiger partial charge in [-0.3, -0.25) is 4.79 Å². The van der Waals surface area contributed by atoms with Crippen molar-refractivity contribution in [3.05, 3.63) is 0 Å². The Labute approximate surface area is 116 Å². The largest absolute Gasteiger partial charge is 0.480 e. The van der Waals surface area contributed by atoms with E-state index in [0.29, 0.717) is 18.9 Å². The summed E-state index contributed by atoms with van der Waals surface area (Å²) in [7, 11) is 0. The van der Waals surface area contributed by atoms with E-state index in [2.05, 4.69) is 10.6 Å². The molecule has 3 atom stereocenters. The number of hydrogen-bond donors (Lipinski definition) is 4. The number of carbonyl (C=O) groups excluding carboxylic acids is 2. The Morgan fingerprint density at radius 1 is 1.30 bits per heavy atom. The van der Waals surface area contributed by atoms with E-state index < -0.39 is 30.4 Å². The van der Waals surface area contributed by atoms with Crippen molar-refractivity contribution in [2.24, 2.45) is 11.7 Å². The second-order valence-electron chi connectivity index (χ2n) is 5.25. The molecule has 8 nitrogen and oxygen atoms in total. The molecule has 20 heavy (non-hydrogen) atoms. The van der Waals surface area contributed by atoms with Gasteiger partial charge in [-0.25, -0.2) is 9.59 Å². The van der Waals surface area contributed by atoms with Gasteiger partial charge in [0.1, 0.15) is 6.04 Å². The van der Waals surface area contributed by atoms with Crippen molar-refractivity contribution in [1.29, 1.82) is 0 Å². The highest BCUT2D eigenvalue weighted by Gasteiger charge is 2.41. The number of amides is 3. The molecule has 0 bridgehead atoms. The Morgan fingerprint density at radius 2 is 2.00 bits per heavy atom. The van der Waals surface area contributed by atoms with Crippen LogP contribution in [0.2, 0.25) is 0 Å². The van der Waals surface area contributed by atoms with E-state index in [9.17, 15) is 14.4 Å². The van der Waals surface area contributed by atoms with Crippen LogP contribution in [0.5, 0.6) is 0 Å². The number of aliphatic carboxylic acids is 1. The van der Waals surface area contributed by atoms with Gasteiger partial charge >= 0.3 is 12.0 Å². The molecule has 8 heteroatoms. The van der Waals surface area contributed by atoms with Crippen LogP contribution < -0.4 is 16.4 Å². The van der Waals surface area contributed by atoms with Gasteiger partial charge in [-0.05, 0) is 25.2 Å². The number of rotatable bonds is 6. The first-order valence-corrected chi connectivity index (χ1v) is 6.67. The third-order valence-corrected chi connectivity index (χ3v) is 3.55. The zero-order chi connectivity index (χ0) is 14.7. The zero-order valence-electron chi connectivity index (χ0n) is 11.0. The van der Waals surface area contributed by atoms with Crippen molar-refractivity contribution in [3.8, 4) is 0 Å². The lowest BCUT2D eigenvalue weighted by molar-refractivity contribution is -0.140. The summed E-state index contributed by atoms with van der Waals surface area (Å²) < 4.78 is 5.57. The molecule has 2 rings (SSSR count). The number of ether oxygens (including phenoxy) is 1. The van der Waals surface area contributed by atoms with E-state index in [-0.39, 0.29) is 12.1 Å². The molecule has 1 heterocycles. The fourth-order valence-corrected chi connectivity index (χ4v) is 2.42. The third kappa shape index (κ3) is 3.83. The van der Waals surface area contributed by atoms with E-state index in [1.165, 1.54) is 0 Å². The van der Waals surface area contributed by atoms with Crippen molar-refractivity contribution in [2.75, 3.05) is 6.61 Å². The molecule has 1 saturated carbocycles. The predicted molar refractivity (Wildman–Crippen MR) is 67.8 cm³/mol. The first kappa shape index (κ1) is 14.6. The number of carbonyl (C=O) groups is 3. The fraction of sp³-hybridized carbons (Fsp3) is 0.750. The maximum atomic E-state index is 11.8. The monoisotopic (exact) mass is 285 g/mol. The van der Waals surface area contributed by atoms with Gasteiger partial charge in [-0.2, -0.15) is 0 Å². The van der Waals surface area contributed by atoms with E-state index in [0.717, 1.165) is 12.8 Å². The van der Waals surface area contributed by atoms with Crippen LogP contribution in [-0.2, 0) is 14.3 Å². The molecule has 0 aromatic heterocycles. The van der Waals surface area contributed by atoms with E-state index >= 15 is 0 Å². The molecule has 2 aliphatic rings. The Balaban J connectivity index is 1.84. The molecule has 0 spiro atoms. The molecule has 1 aliphatic carbocycles. The number of nitrogens with two attached hydrogens (primary N) is 1. The summed E-state index contributed by atoms with van der Waals surface area (Å²) in [4.78, 5) is 33.5. The van der Waals surface area contributed by atoms with Gasteiger partial charge in [-0.15, -0.1) is 0 Å². The van der Waals surface area contributed by atoms with Gasteiger partial charge in [0.05, 0.1) is 18.6 Å². The van der Waals surface area contributed by atoms with Crippen molar-refractivity contribution in [3.63, 3.8) is 0 Å². The number of carboxylic acid groups (broad SMARTS) is 1. The normalized spacial score (nSPS) is 26.8. The van der Waals surface area contributed by atoms with Crippen LogP contribution in [0.25, 0.3) is 0 Å². The number of carboxylic acids is 1. The van der Waals surface area contributed by atoms with Gasteiger partial charge in [0.15, 0.2) is 0 Å². The highest BCUT2D eigenvalue weighted by atomic mass is 16.5. The summed E-state index contributed by atoms with van der Waals surface area (Å²) >= 11 is 0. The molecule has 0 aromatic carbocycles. The number of primary amides is 1. The summed E-state index contributed by atoms with van der Waals surface area (Å²) in [6.45, 7) is 0.593. The fourth-order valence-electron chi connectivity index (χ4n) is 2.42. The number of nitrogens with one attached hydrogen (secondary N) is 2. The zero-order valence-corrected chi connectivity index (χ0v) is 11.0. The van der Waals surface area contributed by atoms with Crippen LogP contribution in [0.15, 0.2) is 0 Å². The Kier molecular flexibility index (Phi) is 4.43. The molecule has 2 fully saturated rings. The van der Waals surface area contributed by atoms with Crippen LogP contribution >= 0.6 is 0 Å². The summed E-state index contributed by atoms with van der Waals surface area (Å²) in [5.74, 6) is -1.58. The molecule has 5 N–H and O–H groups in total. The van der Waals surface area contributed by atoms with E-state index in [4.69, 9.17) is 15.6 Å². The highest BCUT2D eigenvalue weighted by Crippen LogP contribution is 2.38. The van der Waals surface area contributed by atoms with Crippen LogP contribution in [0.1, 0.15) is 25.7 Å². The minimum atomic E-state index is -1.31. The van der Waals surface area contributed by atoms with Gasteiger partial charge in [0, 0.05) is 6.61 Å². The van der Waals surface area contributed by atoms with Crippen LogP contribution in [0.3, 0.4) is 0 Å².